The molecule has 0 aliphatic carbocycles. The molecule has 0 bridgehead atoms. The molecule has 0 spiro atoms. The lowest BCUT2D eigenvalue weighted by molar-refractivity contribution is -0.117. The zero-order valence-electron chi connectivity index (χ0n) is 21.2. The number of ether oxygens (including phenoxy) is 4. The van der Waals surface area contributed by atoms with Gasteiger partial charge in [0, 0.05) is 17.7 Å². The van der Waals surface area contributed by atoms with Gasteiger partial charge in [-0.2, -0.15) is 0 Å². The number of carbonyl (C=O) groups excluding carboxylic acids is 1. The zero-order valence-corrected chi connectivity index (χ0v) is 21.2. The van der Waals surface area contributed by atoms with Gasteiger partial charge >= 0.3 is 0 Å². The molecule has 0 fully saturated rings. The minimum absolute atomic E-state index is 0.000733. The summed E-state index contributed by atoms with van der Waals surface area (Å²) >= 11 is 0. The number of aliphatic imine (C=N–C) groups is 1. The molecule has 1 heterocycles. The van der Waals surface area contributed by atoms with Gasteiger partial charge in [0.05, 0.1) is 46.4 Å². The van der Waals surface area contributed by atoms with E-state index in [-0.39, 0.29) is 11.9 Å². The van der Waals surface area contributed by atoms with Crippen LogP contribution in [0.15, 0.2) is 46.0 Å². The summed E-state index contributed by atoms with van der Waals surface area (Å²) in [5, 5.41) is 6.83. The molecule has 1 unspecified atom stereocenters. The van der Waals surface area contributed by atoms with Gasteiger partial charge in [0.25, 0.3) is 0 Å². The van der Waals surface area contributed by atoms with Gasteiger partial charge < -0.3 is 46.0 Å². The lowest BCUT2D eigenvalue weighted by Gasteiger charge is -2.16. The molecule has 3 aromatic rings. The summed E-state index contributed by atoms with van der Waals surface area (Å²) in [6.07, 6.45) is 2.55. The number of methoxy groups -OCH3 is 4. The first-order valence-corrected chi connectivity index (χ1v) is 11.4. The SMILES string of the molecule is COc1ccc(-c2cnoc2-c2cc(OC)c(OC)c(OC)c2)cc1NC(=O)C(N)CCCN=C(N)N. The molecule has 1 amide bonds. The van der Waals surface area contributed by atoms with Gasteiger partial charge in [0.2, 0.25) is 11.7 Å². The highest BCUT2D eigenvalue weighted by Crippen LogP contribution is 2.44. The number of hydrogen-bond acceptors (Lipinski definition) is 9. The Morgan fingerprint density at radius 1 is 1.00 bits per heavy atom. The second kappa shape index (κ2) is 12.5. The van der Waals surface area contributed by atoms with E-state index in [9.17, 15) is 4.79 Å². The van der Waals surface area contributed by atoms with Gasteiger partial charge in [-0.25, -0.2) is 0 Å². The molecule has 1 aromatic heterocycles. The summed E-state index contributed by atoms with van der Waals surface area (Å²) in [5.74, 6) is 1.97. The Morgan fingerprint density at radius 3 is 2.27 bits per heavy atom. The van der Waals surface area contributed by atoms with Gasteiger partial charge in [-0.3, -0.25) is 9.79 Å². The molecule has 0 aliphatic heterocycles. The molecule has 2 aromatic carbocycles. The Kier molecular flexibility index (Phi) is 9.16. The number of rotatable bonds is 12. The zero-order chi connectivity index (χ0) is 26.9. The molecule has 0 saturated carbocycles. The first-order valence-electron chi connectivity index (χ1n) is 11.4. The quantitative estimate of drug-likeness (QED) is 0.160. The van der Waals surface area contributed by atoms with Crippen molar-refractivity contribution in [2.75, 3.05) is 40.3 Å². The predicted molar refractivity (Wildman–Crippen MR) is 140 cm³/mol. The van der Waals surface area contributed by atoms with E-state index in [1.54, 1.807) is 30.5 Å². The topological polar surface area (TPSA) is 182 Å². The molecule has 0 aliphatic rings. The van der Waals surface area contributed by atoms with E-state index in [1.807, 2.05) is 6.07 Å². The largest absolute Gasteiger partial charge is 0.495 e. The number of aromatic nitrogens is 1. The average Bonchev–Trinajstić information content (AvgIpc) is 3.40. The number of hydrogen-bond donors (Lipinski definition) is 4. The van der Waals surface area contributed by atoms with Crippen LogP contribution in [0.3, 0.4) is 0 Å². The van der Waals surface area contributed by atoms with Crippen LogP contribution in [0.1, 0.15) is 12.8 Å². The maximum atomic E-state index is 12.7. The van der Waals surface area contributed by atoms with E-state index in [0.717, 1.165) is 5.56 Å². The van der Waals surface area contributed by atoms with Crippen molar-refractivity contribution in [2.45, 2.75) is 18.9 Å². The minimum Gasteiger partial charge on any atom is -0.495 e. The van der Waals surface area contributed by atoms with Crippen molar-refractivity contribution in [1.82, 2.24) is 5.16 Å². The van der Waals surface area contributed by atoms with Gasteiger partial charge in [-0.05, 0) is 42.7 Å². The third-order valence-corrected chi connectivity index (χ3v) is 5.57. The Bertz CT molecular complexity index is 1230. The van der Waals surface area contributed by atoms with Crippen molar-refractivity contribution in [3.05, 3.63) is 36.5 Å². The summed E-state index contributed by atoms with van der Waals surface area (Å²) in [6, 6.07) is 8.10. The van der Waals surface area contributed by atoms with Crippen LogP contribution in [0.4, 0.5) is 5.69 Å². The first-order chi connectivity index (χ1) is 17.8. The number of nitrogens with one attached hydrogen (secondary N) is 1. The molecular formula is C25H32N6O6. The second-order valence-corrected chi connectivity index (χ2v) is 7.94. The maximum Gasteiger partial charge on any atom is 0.241 e. The van der Waals surface area contributed by atoms with Crippen LogP contribution in [-0.4, -0.2) is 58.0 Å². The van der Waals surface area contributed by atoms with E-state index in [1.165, 1.54) is 28.4 Å². The van der Waals surface area contributed by atoms with Gasteiger partial charge in [-0.1, -0.05) is 11.2 Å². The molecule has 7 N–H and O–H groups in total. The van der Waals surface area contributed by atoms with Crippen LogP contribution < -0.4 is 41.5 Å². The summed E-state index contributed by atoms with van der Waals surface area (Å²) in [5.41, 5.74) is 19.2. The van der Waals surface area contributed by atoms with Crippen LogP contribution in [-0.2, 0) is 4.79 Å². The number of amides is 1. The van der Waals surface area contributed by atoms with Crippen LogP contribution in [0.2, 0.25) is 0 Å². The molecular weight excluding hydrogens is 480 g/mol. The third kappa shape index (κ3) is 6.41. The van der Waals surface area contributed by atoms with Crippen molar-refractivity contribution >= 4 is 17.6 Å². The number of benzene rings is 2. The summed E-state index contributed by atoms with van der Waals surface area (Å²) in [6.45, 7) is 0.388. The summed E-state index contributed by atoms with van der Waals surface area (Å²) in [4.78, 5) is 16.6. The highest BCUT2D eigenvalue weighted by molar-refractivity contribution is 5.97. The van der Waals surface area contributed by atoms with E-state index in [4.69, 9.17) is 40.7 Å². The summed E-state index contributed by atoms with van der Waals surface area (Å²) in [7, 11) is 6.11. The fourth-order valence-corrected chi connectivity index (χ4v) is 3.71. The lowest BCUT2D eigenvalue weighted by Crippen LogP contribution is -2.35. The average molecular weight is 513 g/mol. The highest BCUT2D eigenvalue weighted by atomic mass is 16.5. The second-order valence-electron chi connectivity index (χ2n) is 7.94. The van der Waals surface area contributed by atoms with Crippen LogP contribution in [0, 0.1) is 0 Å². The van der Waals surface area contributed by atoms with Crippen LogP contribution in [0.5, 0.6) is 23.0 Å². The first kappa shape index (κ1) is 27.1. The highest BCUT2D eigenvalue weighted by Gasteiger charge is 2.21. The molecule has 0 saturated heterocycles. The Balaban J connectivity index is 1.90. The fourth-order valence-electron chi connectivity index (χ4n) is 3.71. The van der Waals surface area contributed by atoms with Crippen LogP contribution >= 0.6 is 0 Å². The fraction of sp³-hybridized carbons (Fsp3) is 0.320. The molecule has 0 radical (unpaired) electrons. The van der Waals surface area contributed by atoms with Crippen molar-refractivity contribution in [2.24, 2.45) is 22.2 Å². The molecule has 12 nitrogen and oxygen atoms in total. The maximum absolute atomic E-state index is 12.7. The normalized spacial score (nSPS) is 11.4. The number of nitrogens with zero attached hydrogens (tertiary/aromatic N) is 2. The number of carbonyl (C=O) groups is 1. The molecule has 198 valence electrons. The van der Waals surface area contributed by atoms with E-state index in [2.05, 4.69) is 15.5 Å². The van der Waals surface area contributed by atoms with Crippen molar-refractivity contribution in [1.29, 1.82) is 0 Å². The van der Waals surface area contributed by atoms with Gasteiger partial charge in [0.15, 0.2) is 23.2 Å². The summed E-state index contributed by atoms with van der Waals surface area (Å²) < 4.78 is 27.4. The van der Waals surface area contributed by atoms with Crippen molar-refractivity contribution < 1.29 is 28.3 Å². The minimum atomic E-state index is -0.757. The van der Waals surface area contributed by atoms with Crippen LogP contribution in [0.25, 0.3) is 22.5 Å². The number of nitrogens with two attached hydrogens (primary N) is 3. The molecule has 3 rings (SSSR count). The standard InChI is InChI=1S/C25H32N6O6/c1-33-19-8-7-14(10-18(19)31-24(32)17(26)6-5-9-29-25(27)28)16-13-30-37-22(16)15-11-20(34-2)23(36-4)21(12-15)35-3/h7-8,10-13,17H,5-6,9,26H2,1-4H3,(H,31,32)(H4,27,28,29). The predicted octanol–water partition coefficient (Wildman–Crippen LogP) is 2.36. The van der Waals surface area contributed by atoms with E-state index >= 15 is 0 Å². The monoisotopic (exact) mass is 512 g/mol. The van der Waals surface area contributed by atoms with E-state index in [0.29, 0.717) is 65.0 Å². The Hall–Kier alpha value is -4.45. The van der Waals surface area contributed by atoms with Gasteiger partial charge in [0.1, 0.15) is 5.75 Å². The number of guanidine groups is 1. The van der Waals surface area contributed by atoms with E-state index < -0.39 is 6.04 Å². The Morgan fingerprint density at radius 2 is 1.68 bits per heavy atom. The Labute approximate surface area is 214 Å². The van der Waals surface area contributed by atoms with Crippen molar-refractivity contribution in [3.63, 3.8) is 0 Å². The number of anilines is 1. The molecule has 12 heteroatoms. The molecule has 37 heavy (non-hydrogen) atoms. The van der Waals surface area contributed by atoms with Crippen molar-refractivity contribution in [3.8, 4) is 45.4 Å². The molecule has 1 atom stereocenters. The smallest absolute Gasteiger partial charge is 0.241 e. The van der Waals surface area contributed by atoms with Gasteiger partial charge in [-0.15, -0.1) is 0 Å². The lowest BCUT2D eigenvalue weighted by atomic mass is 10.0. The third-order valence-electron chi connectivity index (χ3n) is 5.57.